The smallest absolute Gasteiger partial charge is 0.129 e. The van der Waals surface area contributed by atoms with Crippen LogP contribution in [-0.4, -0.2) is 36.6 Å². The number of rotatable bonds is 3. The molecule has 0 bridgehead atoms. The van der Waals surface area contributed by atoms with Gasteiger partial charge in [-0.1, -0.05) is 12.5 Å². The van der Waals surface area contributed by atoms with E-state index in [9.17, 15) is 8.78 Å². The third kappa shape index (κ3) is 2.79. The number of hydrogen-bond donors (Lipinski definition) is 1. The van der Waals surface area contributed by atoms with Gasteiger partial charge in [0.2, 0.25) is 0 Å². The second-order valence-electron chi connectivity index (χ2n) is 5.62. The largest absolute Gasteiger partial charge is 0.314 e. The van der Waals surface area contributed by atoms with Crippen molar-refractivity contribution in [2.75, 3.05) is 19.6 Å². The normalized spacial score (nSPS) is 25.3. The van der Waals surface area contributed by atoms with Crippen LogP contribution in [0.3, 0.4) is 0 Å². The molecule has 2 aliphatic rings. The number of nitrogens with zero attached hydrogens (tertiary/aromatic N) is 1. The first-order chi connectivity index (χ1) is 9.24. The summed E-state index contributed by atoms with van der Waals surface area (Å²) < 4.78 is 26.7. The second kappa shape index (κ2) is 5.55. The fraction of sp³-hybridized carbons (Fsp3) is 0.600. The Morgan fingerprint density at radius 2 is 2.11 bits per heavy atom. The number of nitrogens with one attached hydrogen (secondary N) is 1. The van der Waals surface area contributed by atoms with E-state index in [-0.39, 0.29) is 0 Å². The van der Waals surface area contributed by atoms with Crippen molar-refractivity contribution in [1.29, 1.82) is 0 Å². The summed E-state index contributed by atoms with van der Waals surface area (Å²) in [6.45, 7) is 2.95. The minimum Gasteiger partial charge on any atom is -0.314 e. The van der Waals surface area contributed by atoms with Crippen LogP contribution in [0.1, 0.15) is 24.8 Å². The molecule has 2 nitrogen and oxygen atoms in total. The maximum absolute atomic E-state index is 13.8. The second-order valence-corrected chi connectivity index (χ2v) is 5.62. The Labute approximate surface area is 112 Å². The summed E-state index contributed by atoms with van der Waals surface area (Å²) in [5.41, 5.74) is 0.624. The van der Waals surface area contributed by atoms with Crippen molar-refractivity contribution in [1.82, 2.24) is 10.2 Å². The number of piperazine rings is 1. The van der Waals surface area contributed by atoms with E-state index in [1.165, 1.54) is 25.3 Å². The molecule has 104 valence electrons. The first-order valence-electron chi connectivity index (χ1n) is 7.14. The van der Waals surface area contributed by atoms with Gasteiger partial charge in [-0.05, 0) is 30.9 Å². The van der Waals surface area contributed by atoms with Gasteiger partial charge in [-0.3, -0.25) is 4.90 Å². The molecule has 19 heavy (non-hydrogen) atoms. The fourth-order valence-electron chi connectivity index (χ4n) is 3.11. The molecular weight excluding hydrogens is 246 g/mol. The predicted molar refractivity (Wildman–Crippen MR) is 71.1 cm³/mol. The Hall–Kier alpha value is -1.00. The van der Waals surface area contributed by atoms with E-state index >= 15 is 0 Å². The molecular formula is C15H20F2N2. The van der Waals surface area contributed by atoms with Crippen LogP contribution in [-0.2, 0) is 6.42 Å². The Kier molecular flexibility index (Phi) is 3.80. The molecule has 1 saturated carbocycles. The van der Waals surface area contributed by atoms with E-state index in [4.69, 9.17) is 0 Å². The lowest BCUT2D eigenvalue weighted by atomic mass is 9.88. The molecule has 1 unspecified atom stereocenters. The van der Waals surface area contributed by atoms with Crippen LogP contribution in [0.2, 0.25) is 0 Å². The van der Waals surface area contributed by atoms with Crippen LogP contribution in [0.25, 0.3) is 0 Å². The SMILES string of the molecule is Fc1ccc(CC2CNCCN2C2CCC2)c(F)c1. The van der Waals surface area contributed by atoms with Crippen LogP contribution in [0.5, 0.6) is 0 Å². The maximum Gasteiger partial charge on any atom is 0.129 e. The Morgan fingerprint density at radius 3 is 2.79 bits per heavy atom. The zero-order valence-electron chi connectivity index (χ0n) is 11.0. The van der Waals surface area contributed by atoms with Gasteiger partial charge in [-0.15, -0.1) is 0 Å². The molecule has 0 radical (unpaired) electrons. The molecule has 3 rings (SSSR count). The highest BCUT2D eigenvalue weighted by atomic mass is 19.1. The van der Waals surface area contributed by atoms with Gasteiger partial charge in [0.1, 0.15) is 11.6 Å². The first kappa shape index (κ1) is 13.0. The molecule has 1 heterocycles. The van der Waals surface area contributed by atoms with Crippen LogP contribution in [0.15, 0.2) is 18.2 Å². The molecule has 0 aromatic heterocycles. The number of halogens is 2. The number of hydrogen-bond acceptors (Lipinski definition) is 2. The molecule has 1 aliphatic heterocycles. The van der Waals surface area contributed by atoms with E-state index in [0.29, 0.717) is 24.1 Å². The molecule has 1 N–H and O–H groups in total. The summed E-state index contributed by atoms with van der Waals surface area (Å²) in [5, 5.41) is 3.38. The minimum absolute atomic E-state index is 0.332. The van der Waals surface area contributed by atoms with Gasteiger partial charge in [0.15, 0.2) is 0 Å². The molecule has 1 saturated heterocycles. The predicted octanol–water partition coefficient (Wildman–Crippen LogP) is 2.33. The fourth-order valence-corrected chi connectivity index (χ4v) is 3.11. The van der Waals surface area contributed by atoms with Crippen molar-refractivity contribution in [3.63, 3.8) is 0 Å². The molecule has 0 amide bonds. The van der Waals surface area contributed by atoms with Crippen LogP contribution >= 0.6 is 0 Å². The van der Waals surface area contributed by atoms with Gasteiger partial charge >= 0.3 is 0 Å². The Balaban J connectivity index is 1.72. The van der Waals surface area contributed by atoms with Gasteiger partial charge in [-0.2, -0.15) is 0 Å². The summed E-state index contributed by atoms with van der Waals surface area (Å²) in [4.78, 5) is 2.52. The van der Waals surface area contributed by atoms with Crippen molar-refractivity contribution in [2.24, 2.45) is 0 Å². The Bertz CT molecular complexity index is 446. The van der Waals surface area contributed by atoms with Gasteiger partial charge in [-0.25, -0.2) is 8.78 Å². The van der Waals surface area contributed by atoms with Crippen molar-refractivity contribution in [2.45, 2.75) is 37.8 Å². The monoisotopic (exact) mass is 266 g/mol. The van der Waals surface area contributed by atoms with Crippen LogP contribution in [0, 0.1) is 11.6 Å². The van der Waals surface area contributed by atoms with Crippen LogP contribution in [0.4, 0.5) is 8.78 Å². The van der Waals surface area contributed by atoms with E-state index in [2.05, 4.69) is 10.2 Å². The van der Waals surface area contributed by atoms with Gasteiger partial charge in [0.25, 0.3) is 0 Å². The summed E-state index contributed by atoms with van der Waals surface area (Å²) in [6.07, 6.45) is 4.51. The maximum atomic E-state index is 13.8. The standard InChI is InChI=1S/C15H20F2N2/c16-12-5-4-11(15(17)9-12)8-14-10-18-6-7-19(14)13-2-1-3-13/h4-5,9,13-14,18H,1-3,6-8,10H2. The third-order valence-electron chi connectivity index (χ3n) is 4.41. The van der Waals surface area contributed by atoms with E-state index in [0.717, 1.165) is 25.7 Å². The van der Waals surface area contributed by atoms with Crippen LogP contribution < -0.4 is 5.32 Å². The average Bonchev–Trinajstić information content (AvgIpc) is 2.33. The van der Waals surface area contributed by atoms with Crippen molar-refractivity contribution in [3.8, 4) is 0 Å². The summed E-state index contributed by atoms with van der Waals surface area (Å²) >= 11 is 0. The molecule has 1 aromatic rings. The lowest BCUT2D eigenvalue weighted by Gasteiger charge is -2.45. The molecule has 1 aliphatic carbocycles. The zero-order valence-corrected chi connectivity index (χ0v) is 11.0. The van der Waals surface area contributed by atoms with Gasteiger partial charge in [0, 0.05) is 37.8 Å². The van der Waals surface area contributed by atoms with Gasteiger partial charge in [0.05, 0.1) is 0 Å². The van der Waals surface area contributed by atoms with E-state index < -0.39 is 11.6 Å². The summed E-state index contributed by atoms with van der Waals surface area (Å²) in [6, 6.07) is 4.93. The highest BCUT2D eigenvalue weighted by Crippen LogP contribution is 2.28. The third-order valence-corrected chi connectivity index (χ3v) is 4.41. The van der Waals surface area contributed by atoms with E-state index in [1.807, 2.05) is 0 Å². The minimum atomic E-state index is -0.501. The molecule has 1 aromatic carbocycles. The van der Waals surface area contributed by atoms with Crippen molar-refractivity contribution < 1.29 is 8.78 Å². The lowest BCUT2D eigenvalue weighted by molar-refractivity contribution is 0.0603. The Morgan fingerprint density at radius 1 is 1.26 bits per heavy atom. The molecule has 0 spiro atoms. The molecule has 2 fully saturated rings. The highest BCUT2D eigenvalue weighted by molar-refractivity contribution is 5.20. The van der Waals surface area contributed by atoms with E-state index in [1.54, 1.807) is 6.07 Å². The molecule has 1 atom stereocenters. The lowest BCUT2D eigenvalue weighted by Crippen LogP contribution is -2.57. The average molecular weight is 266 g/mol. The highest BCUT2D eigenvalue weighted by Gasteiger charge is 2.32. The zero-order chi connectivity index (χ0) is 13.2. The van der Waals surface area contributed by atoms with Gasteiger partial charge < -0.3 is 5.32 Å². The quantitative estimate of drug-likeness (QED) is 0.903. The van der Waals surface area contributed by atoms with Crippen molar-refractivity contribution in [3.05, 3.63) is 35.4 Å². The van der Waals surface area contributed by atoms with Crippen molar-refractivity contribution >= 4 is 0 Å². The summed E-state index contributed by atoms with van der Waals surface area (Å²) in [7, 11) is 0. The summed E-state index contributed by atoms with van der Waals surface area (Å²) in [5.74, 6) is -0.919. The first-order valence-corrected chi connectivity index (χ1v) is 7.14. The number of benzene rings is 1. The topological polar surface area (TPSA) is 15.3 Å². The molecule has 4 heteroatoms.